The monoisotopic (exact) mass is 299 g/mol. The van der Waals surface area contributed by atoms with E-state index in [1.165, 1.54) is 6.08 Å². The Labute approximate surface area is 128 Å². The molecule has 0 spiro atoms. The molecule has 0 unspecified atom stereocenters. The van der Waals surface area contributed by atoms with Crippen LogP contribution in [-0.2, 0) is 16.1 Å². The van der Waals surface area contributed by atoms with Crippen molar-refractivity contribution in [1.82, 2.24) is 4.98 Å². The molecule has 0 aliphatic carbocycles. The quantitative estimate of drug-likeness (QED) is 0.504. The predicted octanol–water partition coefficient (Wildman–Crippen LogP) is 3.12. The lowest BCUT2D eigenvalue weighted by Gasteiger charge is -2.06. The van der Waals surface area contributed by atoms with E-state index in [-0.39, 0.29) is 6.61 Å². The summed E-state index contributed by atoms with van der Waals surface area (Å²) in [5, 5.41) is 9.61. The van der Waals surface area contributed by atoms with Crippen LogP contribution in [0.1, 0.15) is 18.2 Å². The van der Waals surface area contributed by atoms with E-state index in [9.17, 15) is 9.90 Å². The number of aliphatic hydroxyl groups excluding tert-OH is 1. The first-order chi connectivity index (χ1) is 10.7. The number of benzene rings is 1. The van der Waals surface area contributed by atoms with Gasteiger partial charge < -0.3 is 14.6 Å². The van der Waals surface area contributed by atoms with Gasteiger partial charge in [0.2, 0.25) is 5.76 Å². The molecule has 0 aliphatic rings. The Morgan fingerprint density at radius 3 is 2.77 bits per heavy atom. The van der Waals surface area contributed by atoms with E-state index in [1.807, 2.05) is 30.3 Å². The van der Waals surface area contributed by atoms with Gasteiger partial charge in [0, 0.05) is 18.3 Å². The number of carbonyl (C=O) groups excluding carboxylic acids is 1. The smallest absolute Gasteiger partial charge is 0.373 e. The second kappa shape index (κ2) is 7.83. The largest absolute Gasteiger partial charge is 0.502 e. The van der Waals surface area contributed by atoms with Crippen LogP contribution in [0.25, 0.3) is 6.08 Å². The maximum absolute atomic E-state index is 11.3. The third-order valence-electron chi connectivity index (χ3n) is 2.77. The van der Waals surface area contributed by atoms with Gasteiger partial charge in [0.1, 0.15) is 12.4 Å². The highest BCUT2D eigenvalue weighted by atomic mass is 16.5. The summed E-state index contributed by atoms with van der Waals surface area (Å²) in [6, 6.07) is 13.1. The number of pyridine rings is 1. The van der Waals surface area contributed by atoms with Crippen LogP contribution in [0.15, 0.2) is 54.4 Å². The fraction of sp³-hybridized carbons (Fsp3) is 0.176. The van der Waals surface area contributed by atoms with Crippen LogP contribution >= 0.6 is 0 Å². The van der Waals surface area contributed by atoms with Crippen molar-refractivity contribution in [3.05, 3.63) is 65.7 Å². The molecule has 5 nitrogen and oxygen atoms in total. The van der Waals surface area contributed by atoms with Gasteiger partial charge in [0.15, 0.2) is 0 Å². The molecule has 0 saturated heterocycles. The van der Waals surface area contributed by atoms with Gasteiger partial charge in [-0.05, 0) is 18.6 Å². The summed E-state index contributed by atoms with van der Waals surface area (Å²) in [7, 11) is 0. The average Bonchev–Trinajstić information content (AvgIpc) is 2.54. The van der Waals surface area contributed by atoms with Crippen molar-refractivity contribution in [2.24, 2.45) is 0 Å². The molecule has 1 heterocycles. The molecule has 0 bridgehead atoms. The van der Waals surface area contributed by atoms with Crippen molar-refractivity contribution in [2.45, 2.75) is 13.5 Å². The molecule has 5 heteroatoms. The van der Waals surface area contributed by atoms with Crippen LogP contribution in [0.4, 0.5) is 0 Å². The summed E-state index contributed by atoms with van der Waals surface area (Å²) >= 11 is 0. The highest BCUT2D eigenvalue weighted by molar-refractivity contribution is 5.90. The van der Waals surface area contributed by atoms with Crippen LogP contribution < -0.4 is 4.74 Å². The van der Waals surface area contributed by atoms with E-state index in [0.29, 0.717) is 18.1 Å². The molecule has 0 radical (unpaired) electrons. The van der Waals surface area contributed by atoms with Gasteiger partial charge in [-0.1, -0.05) is 30.3 Å². The molecule has 1 N–H and O–H groups in total. The molecule has 1 aromatic heterocycles. The Bertz CT molecular complexity index is 653. The van der Waals surface area contributed by atoms with Crippen LogP contribution in [0.5, 0.6) is 5.75 Å². The summed E-state index contributed by atoms with van der Waals surface area (Å²) in [5.74, 6) is -0.670. The zero-order valence-electron chi connectivity index (χ0n) is 12.2. The highest BCUT2D eigenvalue weighted by Gasteiger charge is 2.08. The van der Waals surface area contributed by atoms with E-state index >= 15 is 0 Å². The first-order valence-corrected chi connectivity index (χ1v) is 6.89. The normalized spacial score (nSPS) is 11.0. The minimum absolute atomic E-state index is 0.199. The third kappa shape index (κ3) is 4.63. The standard InChI is InChI=1S/C17H17NO4/c1-2-21-17(20)16(19)11-14-10-15(8-9-18-14)22-12-13-6-4-3-5-7-13/h3-11,19H,2,12H2,1H3. The van der Waals surface area contributed by atoms with Crippen molar-refractivity contribution in [1.29, 1.82) is 0 Å². The molecular formula is C17H17NO4. The Balaban J connectivity index is 2.03. The van der Waals surface area contributed by atoms with Gasteiger partial charge in [0.05, 0.1) is 12.3 Å². The number of hydrogen-bond acceptors (Lipinski definition) is 5. The first-order valence-electron chi connectivity index (χ1n) is 6.89. The van der Waals surface area contributed by atoms with Gasteiger partial charge in [0.25, 0.3) is 0 Å². The number of aromatic nitrogens is 1. The van der Waals surface area contributed by atoms with Crippen LogP contribution in [0, 0.1) is 0 Å². The number of rotatable bonds is 6. The topological polar surface area (TPSA) is 68.7 Å². The Morgan fingerprint density at radius 1 is 1.27 bits per heavy atom. The fourth-order valence-corrected chi connectivity index (χ4v) is 1.74. The van der Waals surface area contributed by atoms with Crippen LogP contribution in [-0.4, -0.2) is 22.7 Å². The molecule has 2 aromatic rings. The lowest BCUT2D eigenvalue weighted by molar-refractivity contribution is -0.141. The zero-order valence-corrected chi connectivity index (χ0v) is 12.2. The van der Waals surface area contributed by atoms with Crippen LogP contribution in [0.3, 0.4) is 0 Å². The number of hydrogen-bond donors (Lipinski definition) is 1. The van der Waals surface area contributed by atoms with Crippen molar-refractivity contribution in [3.8, 4) is 5.75 Å². The van der Waals surface area contributed by atoms with E-state index < -0.39 is 11.7 Å². The average molecular weight is 299 g/mol. The van der Waals surface area contributed by atoms with Gasteiger partial charge in [-0.15, -0.1) is 0 Å². The molecule has 0 saturated carbocycles. The van der Waals surface area contributed by atoms with E-state index in [2.05, 4.69) is 4.98 Å². The molecule has 22 heavy (non-hydrogen) atoms. The van der Waals surface area contributed by atoms with Gasteiger partial charge in [-0.3, -0.25) is 4.98 Å². The summed E-state index contributed by atoms with van der Waals surface area (Å²) in [6.07, 6.45) is 2.79. The minimum Gasteiger partial charge on any atom is -0.502 e. The molecule has 2 rings (SSSR count). The second-order valence-electron chi connectivity index (χ2n) is 4.44. The van der Waals surface area contributed by atoms with E-state index in [4.69, 9.17) is 9.47 Å². The number of esters is 1. The minimum atomic E-state index is -0.778. The molecule has 0 aliphatic heterocycles. The summed E-state index contributed by atoms with van der Waals surface area (Å²) in [5.41, 5.74) is 1.46. The maximum atomic E-state index is 11.3. The summed E-state index contributed by atoms with van der Waals surface area (Å²) in [6.45, 7) is 2.30. The SMILES string of the molecule is CCOC(=O)C(O)=Cc1cc(OCc2ccccc2)ccn1. The van der Waals surface area contributed by atoms with Crippen LogP contribution in [0.2, 0.25) is 0 Å². The van der Waals surface area contributed by atoms with Crippen molar-refractivity contribution in [3.63, 3.8) is 0 Å². The number of nitrogens with zero attached hydrogens (tertiary/aromatic N) is 1. The molecule has 0 atom stereocenters. The molecule has 1 aromatic carbocycles. The lowest BCUT2D eigenvalue weighted by Crippen LogP contribution is -2.06. The Morgan fingerprint density at radius 2 is 2.05 bits per heavy atom. The summed E-state index contributed by atoms with van der Waals surface area (Å²) < 4.78 is 10.4. The number of carbonyl (C=O) groups is 1. The van der Waals surface area contributed by atoms with Crippen molar-refractivity contribution < 1.29 is 19.4 Å². The lowest BCUT2D eigenvalue weighted by atomic mass is 10.2. The maximum Gasteiger partial charge on any atom is 0.373 e. The van der Waals surface area contributed by atoms with E-state index in [1.54, 1.807) is 25.3 Å². The van der Waals surface area contributed by atoms with Gasteiger partial charge in [-0.2, -0.15) is 0 Å². The van der Waals surface area contributed by atoms with Crippen molar-refractivity contribution in [2.75, 3.05) is 6.61 Å². The fourth-order valence-electron chi connectivity index (χ4n) is 1.74. The van der Waals surface area contributed by atoms with Gasteiger partial charge in [-0.25, -0.2) is 4.79 Å². The second-order valence-corrected chi connectivity index (χ2v) is 4.44. The Kier molecular flexibility index (Phi) is 5.54. The Hall–Kier alpha value is -2.82. The van der Waals surface area contributed by atoms with E-state index in [0.717, 1.165) is 5.56 Å². The predicted molar refractivity (Wildman–Crippen MR) is 82.2 cm³/mol. The summed E-state index contributed by atoms with van der Waals surface area (Å²) in [4.78, 5) is 15.4. The van der Waals surface area contributed by atoms with Crippen molar-refractivity contribution >= 4 is 12.0 Å². The number of ether oxygens (including phenoxy) is 2. The molecule has 0 fully saturated rings. The molecule has 114 valence electrons. The zero-order chi connectivity index (χ0) is 15.8. The van der Waals surface area contributed by atoms with Gasteiger partial charge >= 0.3 is 5.97 Å². The molecule has 0 amide bonds. The number of aliphatic hydroxyl groups is 1. The first kappa shape index (κ1) is 15.6. The molecular weight excluding hydrogens is 282 g/mol. The third-order valence-corrected chi connectivity index (χ3v) is 2.77. The highest BCUT2D eigenvalue weighted by Crippen LogP contribution is 2.15.